The summed E-state index contributed by atoms with van der Waals surface area (Å²) in [6.07, 6.45) is -0.173. The fraction of sp³-hybridized carbons (Fsp3) is 0.143. The van der Waals surface area contributed by atoms with Crippen LogP contribution in [0.15, 0.2) is 30.3 Å². The molecule has 2 N–H and O–H groups in total. The van der Waals surface area contributed by atoms with Crippen molar-refractivity contribution in [3.63, 3.8) is 0 Å². The average molecular weight is 196 g/mol. The van der Waals surface area contributed by atoms with Crippen molar-refractivity contribution in [3.8, 4) is 0 Å². The topological polar surface area (TPSA) is 57.5 Å². The Balaban J connectivity index is 0. The molecule has 1 aromatic carbocycles. The van der Waals surface area contributed by atoms with Gasteiger partial charge < -0.3 is 11.2 Å². The minimum atomic E-state index is -3.89. The number of hydrogen-bond donors (Lipinski definition) is 2. The van der Waals surface area contributed by atoms with Gasteiger partial charge in [-0.25, -0.2) is 0 Å². The number of benzene rings is 1. The van der Waals surface area contributed by atoms with Gasteiger partial charge in [-0.2, -0.15) is 0 Å². The van der Waals surface area contributed by atoms with Crippen LogP contribution in [0.1, 0.15) is 6.99 Å². The van der Waals surface area contributed by atoms with Crippen molar-refractivity contribution >= 4 is 7.60 Å². The minimum Gasteiger partial charge on any atom is -1.00 e. The Hall–Kier alpha value is 0.370. The smallest absolute Gasteiger partial charge is 1.00 e. The third kappa shape index (κ3) is 5.09. The summed E-state index contributed by atoms with van der Waals surface area (Å²) in [5.74, 6) is 0. The maximum absolute atomic E-state index is 10.5. The van der Waals surface area contributed by atoms with Crippen molar-refractivity contribution in [1.82, 2.24) is 0 Å². The molecule has 0 saturated heterocycles. The van der Waals surface area contributed by atoms with Gasteiger partial charge in [0.25, 0.3) is 0 Å². The van der Waals surface area contributed by atoms with Crippen LogP contribution in [0.5, 0.6) is 0 Å². The molecule has 0 radical (unpaired) electrons. The zero-order chi connectivity index (χ0) is 8.32. The van der Waals surface area contributed by atoms with E-state index in [0.717, 1.165) is 0 Å². The molecule has 0 unspecified atom stereocenters. The maximum atomic E-state index is 10.5. The first-order valence-corrected chi connectivity index (χ1v) is 4.96. The van der Waals surface area contributed by atoms with E-state index in [1.807, 2.05) is 6.07 Å². The quantitative estimate of drug-likeness (QED) is 0.446. The summed E-state index contributed by atoms with van der Waals surface area (Å²) in [4.78, 5) is 17.2. The standard InChI is InChI=1S/C7H9O3P.Na.H/c8-11(9,10)6-7-4-2-1-3-5-7;;/h1-5H,6H2,(H2,8,9,10);;/q;+1;-1. The zero-order valence-electron chi connectivity index (χ0n) is 7.84. The van der Waals surface area contributed by atoms with Crippen molar-refractivity contribution < 1.29 is 45.3 Å². The van der Waals surface area contributed by atoms with Gasteiger partial charge in [0.1, 0.15) is 0 Å². The van der Waals surface area contributed by atoms with E-state index in [9.17, 15) is 4.57 Å². The van der Waals surface area contributed by atoms with Gasteiger partial charge in [0.15, 0.2) is 0 Å². The molecule has 0 aliphatic heterocycles. The van der Waals surface area contributed by atoms with Crippen LogP contribution in [-0.4, -0.2) is 9.79 Å². The van der Waals surface area contributed by atoms with E-state index >= 15 is 0 Å². The van der Waals surface area contributed by atoms with E-state index in [1.165, 1.54) is 0 Å². The van der Waals surface area contributed by atoms with Crippen LogP contribution in [0, 0.1) is 0 Å². The molecular weight excluding hydrogens is 186 g/mol. The van der Waals surface area contributed by atoms with Gasteiger partial charge in [-0.3, -0.25) is 4.57 Å². The third-order valence-corrected chi connectivity index (χ3v) is 2.01. The Bertz CT molecular complexity index is 274. The van der Waals surface area contributed by atoms with Gasteiger partial charge >= 0.3 is 37.2 Å². The van der Waals surface area contributed by atoms with Crippen molar-refractivity contribution in [1.29, 1.82) is 0 Å². The summed E-state index contributed by atoms with van der Waals surface area (Å²) < 4.78 is 10.5. The molecule has 3 nitrogen and oxygen atoms in total. The Labute approximate surface area is 94.7 Å². The number of hydrogen-bond acceptors (Lipinski definition) is 1. The van der Waals surface area contributed by atoms with Crippen molar-refractivity contribution in [2.75, 3.05) is 0 Å². The van der Waals surface area contributed by atoms with E-state index in [4.69, 9.17) is 9.79 Å². The molecule has 1 rings (SSSR count). The van der Waals surface area contributed by atoms with Crippen LogP contribution in [0.2, 0.25) is 0 Å². The van der Waals surface area contributed by atoms with Gasteiger partial charge in [0.2, 0.25) is 0 Å². The normalized spacial score (nSPS) is 10.5. The fourth-order valence-electron chi connectivity index (χ4n) is 0.821. The second-order valence-electron chi connectivity index (χ2n) is 2.31. The van der Waals surface area contributed by atoms with Crippen LogP contribution in [0.25, 0.3) is 0 Å². The van der Waals surface area contributed by atoms with Gasteiger partial charge in [0, 0.05) is 0 Å². The summed E-state index contributed by atoms with van der Waals surface area (Å²) in [6, 6.07) is 8.71. The van der Waals surface area contributed by atoms with Crippen molar-refractivity contribution in [2.45, 2.75) is 6.16 Å². The summed E-state index contributed by atoms with van der Waals surface area (Å²) in [5.41, 5.74) is 0.667. The first kappa shape index (κ1) is 12.4. The van der Waals surface area contributed by atoms with Gasteiger partial charge in [-0.05, 0) is 5.56 Å². The van der Waals surface area contributed by atoms with Crippen molar-refractivity contribution in [2.24, 2.45) is 0 Å². The van der Waals surface area contributed by atoms with Gasteiger partial charge in [-0.15, -0.1) is 0 Å². The molecule has 12 heavy (non-hydrogen) atoms. The molecule has 0 atom stereocenters. The molecule has 0 amide bonds. The van der Waals surface area contributed by atoms with E-state index in [2.05, 4.69) is 0 Å². The molecule has 0 fully saturated rings. The Kier molecular flexibility index (Phi) is 5.34. The van der Waals surface area contributed by atoms with E-state index < -0.39 is 7.60 Å². The molecular formula is C7H10NaO3P. The average Bonchev–Trinajstić information content (AvgIpc) is 1.85. The van der Waals surface area contributed by atoms with E-state index in [1.54, 1.807) is 24.3 Å². The molecule has 0 aliphatic rings. The van der Waals surface area contributed by atoms with Crippen LogP contribution < -0.4 is 29.6 Å². The van der Waals surface area contributed by atoms with Crippen LogP contribution in [0.3, 0.4) is 0 Å². The Morgan fingerprint density at radius 2 is 1.75 bits per heavy atom. The molecule has 0 bridgehead atoms. The maximum Gasteiger partial charge on any atom is 1.00 e. The second-order valence-corrected chi connectivity index (χ2v) is 3.95. The number of rotatable bonds is 2. The minimum absolute atomic E-state index is 0. The first-order valence-electron chi connectivity index (χ1n) is 3.16. The van der Waals surface area contributed by atoms with Crippen LogP contribution >= 0.6 is 7.60 Å². The van der Waals surface area contributed by atoms with E-state index in [-0.39, 0.29) is 37.1 Å². The van der Waals surface area contributed by atoms with Gasteiger partial charge in [-0.1, -0.05) is 30.3 Å². The summed E-state index contributed by atoms with van der Waals surface area (Å²) in [6.45, 7) is 0. The molecule has 0 saturated carbocycles. The second kappa shape index (κ2) is 5.18. The van der Waals surface area contributed by atoms with Crippen LogP contribution in [0.4, 0.5) is 0 Å². The van der Waals surface area contributed by atoms with Crippen LogP contribution in [-0.2, 0) is 10.7 Å². The van der Waals surface area contributed by atoms with Gasteiger partial charge in [0.05, 0.1) is 6.16 Å². The largest absolute Gasteiger partial charge is 1.00 e. The molecule has 1 aromatic rings. The summed E-state index contributed by atoms with van der Waals surface area (Å²) in [7, 11) is -3.89. The fourth-order valence-corrected chi connectivity index (χ4v) is 1.51. The summed E-state index contributed by atoms with van der Waals surface area (Å²) >= 11 is 0. The third-order valence-electron chi connectivity index (χ3n) is 1.23. The Morgan fingerprint density at radius 1 is 1.25 bits per heavy atom. The SMILES string of the molecule is O=P(O)(O)Cc1ccccc1.[H-].[Na+]. The first-order chi connectivity index (χ1) is 5.08. The molecule has 0 heterocycles. The van der Waals surface area contributed by atoms with E-state index in [0.29, 0.717) is 5.56 Å². The molecule has 0 aliphatic carbocycles. The summed E-state index contributed by atoms with van der Waals surface area (Å²) in [5, 5.41) is 0. The predicted molar refractivity (Wildman–Crippen MR) is 43.3 cm³/mol. The molecule has 62 valence electrons. The predicted octanol–water partition coefficient (Wildman–Crippen LogP) is -1.52. The zero-order valence-corrected chi connectivity index (χ0v) is 9.74. The molecule has 5 heteroatoms. The monoisotopic (exact) mass is 196 g/mol. The molecule has 0 spiro atoms. The molecule has 0 aromatic heterocycles. The Morgan fingerprint density at radius 3 is 2.17 bits per heavy atom. The van der Waals surface area contributed by atoms with Crippen molar-refractivity contribution in [3.05, 3.63) is 35.9 Å².